The summed E-state index contributed by atoms with van der Waals surface area (Å²) in [6.07, 6.45) is 9.80. The molecule has 0 spiro atoms. The zero-order valence-electron chi connectivity index (χ0n) is 17.7. The molecule has 0 radical (unpaired) electrons. The zero-order chi connectivity index (χ0) is 20.7. The number of fused-ring (bicyclic) bond motifs is 2. The second-order valence-electron chi connectivity index (χ2n) is 8.77. The van der Waals surface area contributed by atoms with Crippen molar-refractivity contribution < 1.29 is 5.82 Å². The van der Waals surface area contributed by atoms with Gasteiger partial charge in [-0.3, -0.25) is 0 Å². The number of nitrogens with zero attached hydrogens (tertiary/aromatic N) is 1. The van der Waals surface area contributed by atoms with Gasteiger partial charge in [0.05, 0.1) is 0 Å². The molecule has 1 N–H and O–H groups in total. The van der Waals surface area contributed by atoms with Gasteiger partial charge in [0.1, 0.15) is 5.83 Å². The second-order valence-corrected chi connectivity index (χ2v) is 8.77. The molecule has 3 heteroatoms. The van der Waals surface area contributed by atoms with E-state index in [0.29, 0.717) is 12.3 Å². The van der Waals surface area contributed by atoms with Gasteiger partial charge in [-0.05, 0) is 61.1 Å². The summed E-state index contributed by atoms with van der Waals surface area (Å²) in [5.74, 6) is 0.416. The van der Waals surface area contributed by atoms with E-state index in [0.717, 1.165) is 19.5 Å². The lowest BCUT2D eigenvalue weighted by molar-refractivity contribution is 0.575. The molecule has 2 aromatic carbocycles. The maximum Gasteiger partial charge on any atom is 0.101 e. The van der Waals surface area contributed by atoms with Gasteiger partial charge in [-0.1, -0.05) is 48.6 Å². The summed E-state index contributed by atoms with van der Waals surface area (Å²) in [4.78, 5) is 0. The second kappa shape index (κ2) is 7.55. The molecule has 3 aromatic rings. The molecule has 30 heavy (non-hydrogen) atoms. The first-order valence-corrected chi connectivity index (χ1v) is 11.0. The fourth-order valence-electron chi connectivity index (χ4n) is 5.00. The van der Waals surface area contributed by atoms with Crippen LogP contribution in [0.3, 0.4) is 0 Å². The average molecular weight is 403 g/mol. The molecule has 2 unspecified atom stereocenters. The van der Waals surface area contributed by atoms with Crippen molar-refractivity contribution in [3.05, 3.63) is 95.5 Å². The van der Waals surface area contributed by atoms with Gasteiger partial charge in [-0.25, -0.2) is 4.39 Å². The third kappa shape index (κ3) is 3.31. The normalized spacial score (nSPS) is 23.7. The van der Waals surface area contributed by atoms with E-state index >= 15 is 0 Å². The van der Waals surface area contributed by atoms with Crippen LogP contribution in [0.1, 0.15) is 50.8 Å². The van der Waals surface area contributed by atoms with E-state index in [9.17, 15) is 4.39 Å². The van der Waals surface area contributed by atoms with Gasteiger partial charge in [0.2, 0.25) is 0 Å². The van der Waals surface area contributed by atoms with Gasteiger partial charge in [-0.15, -0.1) is 0 Å². The lowest BCUT2D eigenvalue weighted by Crippen LogP contribution is -2.18. The van der Waals surface area contributed by atoms with Crippen LogP contribution in [-0.2, 0) is 18.5 Å². The predicted molar refractivity (Wildman–Crippen MR) is 124 cm³/mol. The van der Waals surface area contributed by atoms with Crippen LogP contribution in [0, 0.1) is 5.92 Å². The standard InChI is InChI=1S/C27H29FN2.H2/c1-3-30-18-25(27-15-22(27)10-7-11-23(28)16-27)24-14-20(12-13-26(24)30)17-29-19(2)21-8-5-4-6-9-21;/h4-10,12-14,16,18-19,22,29H,3,11,15,17H2,1-2H3;1H/t19-,22?,27?;/m1./s1. The number of hydrogen-bond donors (Lipinski definition) is 1. The van der Waals surface area contributed by atoms with E-state index in [1.54, 1.807) is 0 Å². The molecule has 1 heterocycles. The minimum atomic E-state index is -0.168. The Balaban J connectivity index is 0.00000231. The van der Waals surface area contributed by atoms with Crippen molar-refractivity contribution in [1.29, 1.82) is 0 Å². The molecular formula is C27H31FN2. The van der Waals surface area contributed by atoms with E-state index in [1.165, 1.54) is 27.6 Å². The number of rotatable bonds is 6. The van der Waals surface area contributed by atoms with Crippen molar-refractivity contribution in [2.24, 2.45) is 5.92 Å². The first-order valence-electron chi connectivity index (χ1n) is 11.0. The molecular weight excluding hydrogens is 371 g/mol. The van der Waals surface area contributed by atoms with Crippen LogP contribution >= 0.6 is 0 Å². The highest BCUT2D eigenvalue weighted by molar-refractivity contribution is 5.87. The summed E-state index contributed by atoms with van der Waals surface area (Å²) in [5, 5.41) is 4.92. The van der Waals surface area contributed by atoms with Crippen LogP contribution in [0.25, 0.3) is 10.9 Å². The third-order valence-electron chi connectivity index (χ3n) is 6.85. The fraction of sp³-hybridized carbons (Fsp3) is 0.333. The molecule has 3 atom stereocenters. The summed E-state index contributed by atoms with van der Waals surface area (Å²) < 4.78 is 16.7. The molecule has 2 aliphatic rings. The largest absolute Gasteiger partial charge is 0.347 e. The number of aryl methyl sites for hydroxylation is 1. The Morgan fingerprint density at radius 3 is 2.87 bits per heavy atom. The highest BCUT2D eigenvalue weighted by Gasteiger charge is 2.54. The molecule has 5 rings (SSSR count). The number of benzene rings is 2. The SMILES string of the molecule is CCn1cc(C23C=C(F)CC=CC2C3)c2cc(CN[C@H](C)c3ccccc3)ccc21.[HH]. The summed E-state index contributed by atoms with van der Waals surface area (Å²) in [5.41, 5.74) is 4.92. The molecule has 2 nitrogen and oxygen atoms in total. The van der Waals surface area contributed by atoms with Crippen molar-refractivity contribution in [2.45, 2.75) is 51.2 Å². The van der Waals surface area contributed by atoms with Gasteiger partial charge in [-0.2, -0.15) is 0 Å². The van der Waals surface area contributed by atoms with Crippen LogP contribution in [0.15, 0.2) is 78.8 Å². The van der Waals surface area contributed by atoms with E-state index < -0.39 is 0 Å². The van der Waals surface area contributed by atoms with Crippen LogP contribution in [0.5, 0.6) is 0 Å². The molecule has 2 aliphatic carbocycles. The Morgan fingerprint density at radius 1 is 1.23 bits per heavy atom. The Hall–Kier alpha value is -2.65. The number of hydrogen-bond acceptors (Lipinski definition) is 1. The molecule has 0 saturated heterocycles. The predicted octanol–water partition coefficient (Wildman–Crippen LogP) is 6.83. The molecule has 156 valence electrons. The van der Waals surface area contributed by atoms with Crippen molar-refractivity contribution >= 4 is 10.9 Å². The lowest BCUT2D eigenvalue weighted by Gasteiger charge is -2.15. The fourth-order valence-corrected chi connectivity index (χ4v) is 5.00. The van der Waals surface area contributed by atoms with Gasteiger partial charge in [0.25, 0.3) is 0 Å². The van der Waals surface area contributed by atoms with Crippen molar-refractivity contribution in [1.82, 2.24) is 9.88 Å². The van der Waals surface area contributed by atoms with Gasteiger partial charge >= 0.3 is 0 Å². The van der Waals surface area contributed by atoms with Gasteiger partial charge in [0.15, 0.2) is 0 Å². The van der Waals surface area contributed by atoms with Crippen molar-refractivity contribution in [3.8, 4) is 0 Å². The minimum Gasteiger partial charge on any atom is -0.347 e. The molecule has 0 amide bonds. The van der Waals surface area contributed by atoms with E-state index in [2.05, 4.69) is 84.5 Å². The third-order valence-corrected chi connectivity index (χ3v) is 6.85. The Morgan fingerprint density at radius 2 is 2.07 bits per heavy atom. The van der Waals surface area contributed by atoms with E-state index in [4.69, 9.17) is 0 Å². The maximum absolute atomic E-state index is 14.4. The van der Waals surface area contributed by atoms with Crippen LogP contribution < -0.4 is 5.32 Å². The molecule has 1 fully saturated rings. The highest BCUT2D eigenvalue weighted by Crippen LogP contribution is 2.59. The quantitative estimate of drug-likeness (QED) is 0.447. The van der Waals surface area contributed by atoms with Crippen LogP contribution in [-0.4, -0.2) is 4.57 Å². The summed E-state index contributed by atoms with van der Waals surface area (Å²) >= 11 is 0. The van der Waals surface area contributed by atoms with Crippen LogP contribution in [0.4, 0.5) is 4.39 Å². The molecule has 1 saturated carbocycles. The number of aromatic nitrogens is 1. The summed E-state index contributed by atoms with van der Waals surface area (Å²) in [6.45, 7) is 6.10. The Bertz CT molecular complexity index is 1130. The molecule has 0 aliphatic heterocycles. The van der Waals surface area contributed by atoms with Crippen molar-refractivity contribution in [2.75, 3.05) is 0 Å². The monoisotopic (exact) mass is 402 g/mol. The summed E-state index contributed by atoms with van der Waals surface area (Å²) in [7, 11) is 0. The number of halogens is 1. The Kier molecular flexibility index (Phi) is 4.86. The molecule has 0 bridgehead atoms. The average Bonchev–Trinajstić information content (AvgIpc) is 3.35. The Labute approximate surface area is 179 Å². The summed E-state index contributed by atoms with van der Waals surface area (Å²) in [6, 6.07) is 17.6. The maximum atomic E-state index is 14.4. The first-order chi connectivity index (χ1) is 14.6. The number of allylic oxidation sites excluding steroid dienone is 4. The topological polar surface area (TPSA) is 17.0 Å². The van der Waals surface area contributed by atoms with E-state index in [-0.39, 0.29) is 18.7 Å². The zero-order valence-corrected chi connectivity index (χ0v) is 17.7. The molecule has 1 aromatic heterocycles. The van der Waals surface area contributed by atoms with Gasteiger partial charge < -0.3 is 9.88 Å². The highest BCUT2D eigenvalue weighted by atomic mass is 19.1. The first kappa shape index (κ1) is 19.3. The van der Waals surface area contributed by atoms with E-state index in [1.807, 2.05) is 12.2 Å². The van der Waals surface area contributed by atoms with Crippen molar-refractivity contribution in [3.63, 3.8) is 0 Å². The number of nitrogens with one attached hydrogen (secondary N) is 1. The van der Waals surface area contributed by atoms with Gasteiger partial charge in [0, 0.05) is 49.5 Å². The minimum absolute atomic E-state index is 0. The lowest BCUT2D eigenvalue weighted by atomic mass is 9.92. The smallest absolute Gasteiger partial charge is 0.101 e. The van der Waals surface area contributed by atoms with Crippen LogP contribution in [0.2, 0.25) is 0 Å².